The molecule has 0 radical (unpaired) electrons. The van der Waals surface area contributed by atoms with E-state index < -0.39 is 0 Å². The third-order valence-corrected chi connectivity index (χ3v) is 9.38. The number of nitrogens with zero attached hydrogens (tertiary/aromatic N) is 4. The normalized spacial score (nSPS) is 11.5. The van der Waals surface area contributed by atoms with Crippen LogP contribution in [-0.2, 0) is 0 Å². The molecule has 0 fully saturated rings. The number of oxazole rings is 1. The SMILES string of the molecule is c1ccc(-c2nc(-c3ccccc3)nc(-c3ccc(-c4cccc5c4sc4cc6oc(-c7ccccc7)nc6cc45)cc3)n2)cc1. The van der Waals surface area contributed by atoms with Crippen molar-refractivity contribution < 1.29 is 4.42 Å². The molecule has 216 valence electrons. The Morgan fingerprint density at radius 3 is 1.59 bits per heavy atom. The van der Waals surface area contributed by atoms with Crippen LogP contribution in [0.4, 0.5) is 0 Å². The summed E-state index contributed by atoms with van der Waals surface area (Å²) in [6.45, 7) is 0. The Balaban J connectivity index is 1.11. The van der Waals surface area contributed by atoms with Gasteiger partial charge in [-0.2, -0.15) is 0 Å². The molecule has 0 aliphatic heterocycles. The second-order valence-electron chi connectivity index (χ2n) is 11.1. The molecule has 0 atom stereocenters. The summed E-state index contributed by atoms with van der Waals surface area (Å²) in [6, 6.07) is 49.4. The summed E-state index contributed by atoms with van der Waals surface area (Å²) in [7, 11) is 0. The third-order valence-electron chi connectivity index (χ3n) is 8.18. The highest BCUT2D eigenvalue weighted by atomic mass is 32.1. The number of thiophene rings is 1. The van der Waals surface area contributed by atoms with E-state index in [4.69, 9.17) is 24.4 Å². The average molecular weight is 609 g/mol. The monoisotopic (exact) mass is 608 g/mol. The summed E-state index contributed by atoms with van der Waals surface area (Å²) < 4.78 is 8.59. The van der Waals surface area contributed by atoms with E-state index in [9.17, 15) is 0 Å². The second-order valence-corrected chi connectivity index (χ2v) is 12.2. The highest BCUT2D eigenvalue weighted by molar-refractivity contribution is 7.26. The van der Waals surface area contributed by atoms with Gasteiger partial charge in [0, 0.05) is 48.5 Å². The Labute approximate surface area is 268 Å². The van der Waals surface area contributed by atoms with Crippen molar-refractivity contribution in [3.05, 3.63) is 146 Å². The third kappa shape index (κ3) is 4.64. The van der Waals surface area contributed by atoms with E-state index in [0.717, 1.165) is 38.9 Å². The van der Waals surface area contributed by atoms with Crippen LogP contribution >= 0.6 is 11.3 Å². The van der Waals surface area contributed by atoms with Gasteiger partial charge in [0.25, 0.3) is 0 Å². The van der Waals surface area contributed by atoms with Crippen molar-refractivity contribution in [2.45, 2.75) is 0 Å². The summed E-state index contributed by atoms with van der Waals surface area (Å²) in [5.41, 5.74) is 7.80. The predicted molar refractivity (Wildman–Crippen MR) is 187 cm³/mol. The van der Waals surface area contributed by atoms with Crippen LogP contribution in [0.2, 0.25) is 0 Å². The minimum atomic E-state index is 0.642. The minimum Gasteiger partial charge on any atom is -0.436 e. The number of aromatic nitrogens is 4. The maximum atomic E-state index is 6.18. The lowest BCUT2D eigenvalue weighted by Gasteiger charge is -2.09. The molecule has 9 rings (SSSR count). The fourth-order valence-corrected chi connectivity index (χ4v) is 7.14. The summed E-state index contributed by atoms with van der Waals surface area (Å²) in [5.74, 6) is 2.59. The maximum absolute atomic E-state index is 6.18. The second kappa shape index (κ2) is 10.9. The van der Waals surface area contributed by atoms with Gasteiger partial charge in [-0.05, 0) is 29.3 Å². The molecule has 0 unspecified atom stereocenters. The molecular weight excluding hydrogens is 585 g/mol. The Hall–Kier alpha value is -5.98. The molecule has 0 aliphatic rings. The van der Waals surface area contributed by atoms with Crippen molar-refractivity contribution in [2.24, 2.45) is 0 Å². The molecule has 9 aromatic rings. The smallest absolute Gasteiger partial charge is 0.227 e. The fraction of sp³-hybridized carbons (Fsp3) is 0. The highest BCUT2D eigenvalue weighted by Gasteiger charge is 2.16. The molecule has 0 N–H and O–H groups in total. The first-order chi connectivity index (χ1) is 22.8. The van der Waals surface area contributed by atoms with Crippen LogP contribution in [0.3, 0.4) is 0 Å². The lowest BCUT2D eigenvalue weighted by molar-refractivity contribution is 0.620. The molecule has 0 spiro atoms. The number of rotatable bonds is 5. The van der Waals surface area contributed by atoms with Gasteiger partial charge in [-0.1, -0.05) is 121 Å². The maximum Gasteiger partial charge on any atom is 0.227 e. The largest absolute Gasteiger partial charge is 0.436 e. The summed E-state index contributed by atoms with van der Waals surface area (Å²) >= 11 is 1.78. The summed E-state index contributed by atoms with van der Waals surface area (Å²) in [4.78, 5) is 19.4. The van der Waals surface area contributed by atoms with Gasteiger partial charge in [-0.15, -0.1) is 11.3 Å². The predicted octanol–water partition coefficient (Wildman–Crippen LogP) is 10.7. The van der Waals surface area contributed by atoms with Crippen LogP contribution in [0.1, 0.15) is 0 Å². The van der Waals surface area contributed by atoms with E-state index >= 15 is 0 Å². The van der Waals surface area contributed by atoms with E-state index in [1.165, 1.54) is 25.7 Å². The van der Waals surface area contributed by atoms with E-state index in [1.807, 2.05) is 91.0 Å². The van der Waals surface area contributed by atoms with Crippen LogP contribution in [0.5, 0.6) is 0 Å². The molecule has 3 aromatic heterocycles. The zero-order valence-corrected chi connectivity index (χ0v) is 25.3. The lowest BCUT2D eigenvalue weighted by Crippen LogP contribution is -2.00. The highest BCUT2D eigenvalue weighted by Crippen LogP contribution is 2.42. The van der Waals surface area contributed by atoms with E-state index in [0.29, 0.717) is 23.4 Å². The molecule has 0 saturated heterocycles. The Morgan fingerprint density at radius 2 is 0.978 bits per heavy atom. The molecule has 6 aromatic carbocycles. The minimum absolute atomic E-state index is 0.642. The lowest BCUT2D eigenvalue weighted by atomic mass is 10.0. The number of benzene rings is 6. The van der Waals surface area contributed by atoms with Gasteiger partial charge >= 0.3 is 0 Å². The number of hydrogen-bond acceptors (Lipinski definition) is 6. The van der Waals surface area contributed by atoms with Crippen LogP contribution in [0, 0.1) is 0 Å². The molecule has 0 aliphatic carbocycles. The topological polar surface area (TPSA) is 64.7 Å². The van der Waals surface area contributed by atoms with Crippen molar-refractivity contribution in [1.82, 2.24) is 19.9 Å². The van der Waals surface area contributed by atoms with Gasteiger partial charge in [-0.25, -0.2) is 19.9 Å². The molecule has 3 heterocycles. The average Bonchev–Trinajstić information content (AvgIpc) is 3.72. The van der Waals surface area contributed by atoms with Gasteiger partial charge in [0.1, 0.15) is 5.52 Å². The standard InChI is InChI=1S/C40H24N4OS/c1-4-11-26(12-5-1)37-42-38(27-13-6-2-7-14-27)44-39(43-37)28-21-19-25(20-22-28)30-17-10-18-31-32-23-33-34(24-35(32)46-36(30)31)45-40(41-33)29-15-8-3-9-16-29/h1-24H. The van der Waals surface area contributed by atoms with Gasteiger partial charge < -0.3 is 4.42 Å². The van der Waals surface area contributed by atoms with E-state index in [2.05, 4.69) is 54.6 Å². The van der Waals surface area contributed by atoms with Crippen LogP contribution in [0.25, 0.3) is 88.0 Å². The Morgan fingerprint density at radius 1 is 0.435 bits per heavy atom. The van der Waals surface area contributed by atoms with Crippen molar-refractivity contribution >= 4 is 42.6 Å². The van der Waals surface area contributed by atoms with Crippen LogP contribution < -0.4 is 0 Å². The van der Waals surface area contributed by atoms with Crippen molar-refractivity contribution in [3.63, 3.8) is 0 Å². The summed E-state index contributed by atoms with van der Waals surface area (Å²) in [6.07, 6.45) is 0. The Bertz CT molecular complexity index is 2450. The molecular formula is C40H24N4OS. The molecule has 0 bridgehead atoms. The molecule has 0 saturated carbocycles. The first-order valence-corrected chi connectivity index (χ1v) is 15.9. The van der Waals surface area contributed by atoms with Gasteiger partial charge in [0.05, 0.1) is 0 Å². The zero-order valence-electron chi connectivity index (χ0n) is 24.5. The quantitative estimate of drug-likeness (QED) is 0.194. The Kier molecular flexibility index (Phi) is 6.25. The van der Waals surface area contributed by atoms with Gasteiger partial charge in [-0.3, -0.25) is 0 Å². The molecule has 0 amide bonds. The zero-order chi connectivity index (χ0) is 30.5. The number of fused-ring (bicyclic) bond motifs is 4. The van der Waals surface area contributed by atoms with Crippen molar-refractivity contribution in [2.75, 3.05) is 0 Å². The van der Waals surface area contributed by atoms with Crippen LogP contribution in [0.15, 0.2) is 150 Å². The molecule has 6 heteroatoms. The first-order valence-electron chi connectivity index (χ1n) is 15.1. The molecule has 5 nitrogen and oxygen atoms in total. The first kappa shape index (κ1) is 26.4. The van der Waals surface area contributed by atoms with Gasteiger partial charge in [0.15, 0.2) is 23.1 Å². The fourth-order valence-electron chi connectivity index (χ4n) is 5.89. The van der Waals surface area contributed by atoms with Crippen molar-refractivity contribution in [1.29, 1.82) is 0 Å². The van der Waals surface area contributed by atoms with E-state index in [-0.39, 0.29) is 0 Å². The number of hydrogen-bond donors (Lipinski definition) is 0. The summed E-state index contributed by atoms with van der Waals surface area (Å²) in [5, 5.41) is 2.40. The van der Waals surface area contributed by atoms with Crippen molar-refractivity contribution in [3.8, 4) is 56.7 Å². The van der Waals surface area contributed by atoms with Crippen LogP contribution in [-0.4, -0.2) is 19.9 Å². The van der Waals surface area contributed by atoms with Gasteiger partial charge in [0.2, 0.25) is 5.89 Å². The molecule has 46 heavy (non-hydrogen) atoms. The van der Waals surface area contributed by atoms with E-state index in [1.54, 1.807) is 11.3 Å².